The number of hydrogen-bond acceptors (Lipinski definition) is 7. The summed E-state index contributed by atoms with van der Waals surface area (Å²) in [6.45, 7) is 20.3. The summed E-state index contributed by atoms with van der Waals surface area (Å²) in [5.41, 5.74) is 0. The molecule has 0 bridgehead atoms. The van der Waals surface area contributed by atoms with Crippen molar-refractivity contribution in [3.8, 4) is 0 Å². The molecule has 0 saturated heterocycles. The average molecular weight is 1160 g/mol. The highest BCUT2D eigenvalue weighted by Crippen LogP contribution is 2.23. The molecule has 9 heteroatoms. The summed E-state index contributed by atoms with van der Waals surface area (Å²) in [7, 11) is 2.26. The van der Waals surface area contributed by atoms with E-state index < -0.39 is 0 Å². The van der Waals surface area contributed by atoms with Crippen LogP contribution in [-0.2, 0) is 28.7 Å². The maximum atomic E-state index is 13.4. The highest BCUT2D eigenvalue weighted by molar-refractivity contribution is 5.76. The fourth-order valence-corrected chi connectivity index (χ4v) is 11.8. The van der Waals surface area contributed by atoms with Crippen LogP contribution in [0.25, 0.3) is 0 Å². The summed E-state index contributed by atoms with van der Waals surface area (Å²) >= 11 is 0. The van der Waals surface area contributed by atoms with Gasteiger partial charge >= 0.3 is 11.9 Å². The Hall–Kier alpha value is -2.16. The molecule has 82 heavy (non-hydrogen) atoms. The van der Waals surface area contributed by atoms with E-state index in [1.807, 2.05) is 0 Å². The molecule has 0 aromatic rings. The molecule has 0 aliphatic rings. The van der Waals surface area contributed by atoms with Crippen molar-refractivity contribution in [2.75, 3.05) is 59.5 Å². The third-order valence-corrected chi connectivity index (χ3v) is 17.6. The minimum atomic E-state index is -0.0368. The van der Waals surface area contributed by atoms with E-state index in [4.69, 9.17) is 9.47 Å². The minimum Gasteiger partial charge on any atom is -0.465 e. The normalized spacial score (nSPS) is 12.3. The van der Waals surface area contributed by atoms with Gasteiger partial charge in [0.15, 0.2) is 0 Å². The lowest BCUT2D eigenvalue weighted by molar-refractivity contribution is -0.146. The molecule has 0 aromatic carbocycles. The highest BCUT2D eigenvalue weighted by atomic mass is 16.5. The zero-order chi connectivity index (χ0) is 60.0. The van der Waals surface area contributed by atoms with E-state index in [0.717, 1.165) is 116 Å². The lowest BCUT2D eigenvalue weighted by atomic mass is 9.95. The summed E-state index contributed by atoms with van der Waals surface area (Å²) in [6.07, 6.45) is 59.3. The molecular formula is C73H143N3O6. The molecule has 9 nitrogen and oxygen atoms in total. The summed E-state index contributed by atoms with van der Waals surface area (Å²) in [6, 6.07) is 0. The molecule has 2 amide bonds. The Morgan fingerprint density at radius 2 is 0.488 bits per heavy atom. The minimum absolute atomic E-state index is 0.0368. The molecule has 486 valence electrons. The molecule has 0 rings (SSSR count). The van der Waals surface area contributed by atoms with Crippen molar-refractivity contribution in [2.45, 2.75) is 375 Å². The largest absolute Gasteiger partial charge is 0.465 e. The van der Waals surface area contributed by atoms with Gasteiger partial charge in [0.1, 0.15) is 0 Å². The number of ether oxygens (including phenoxy) is 2. The van der Waals surface area contributed by atoms with Crippen LogP contribution in [0.2, 0.25) is 0 Å². The molecule has 0 fully saturated rings. The molecule has 0 saturated carbocycles. The monoisotopic (exact) mass is 1160 g/mol. The lowest BCUT2D eigenvalue weighted by Crippen LogP contribution is -2.32. The maximum Gasteiger partial charge on any atom is 0.305 e. The molecule has 0 radical (unpaired) electrons. The van der Waals surface area contributed by atoms with Gasteiger partial charge in [-0.05, 0) is 122 Å². The Morgan fingerprint density at radius 1 is 0.268 bits per heavy atom. The second kappa shape index (κ2) is 63.3. The van der Waals surface area contributed by atoms with E-state index in [1.165, 1.54) is 231 Å². The van der Waals surface area contributed by atoms with Gasteiger partial charge in [-0.1, -0.05) is 260 Å². The molecule has 2 atom stereocenters. The van der Waals surface area contributed by atoms with Crippen LogP contribution in [-0.4, -0.2) is 98.0 Å². The van der Waals surface area contributed by atoms with Crippen molar-refractivity contribution in [3.63, 3.8) is 0 Å². The zero-order valence-electron chi connectivity index (χ0n) is 56.4. The number of amides is 2. The fourth-order valence-electron chi connectivity index (χ4n) is 11.8. The predicted octanol–water partition coefficient (Wildman–Crippen LogP) is 21.3. The molecule has 0 N–H and O–H groups in total. The molecule has 0 spiro atoms. The van der Waals surface area contributed by atoms with Crippen molar-refractivity contribution in [1.29, 1.82) is 0 Å². The van der Waals surface area contributed by atoms with Gasteiger partial charge in [0.2, 0.25) is 11.8 Å². The smallest absolute Gasteiger partial charge is 0.305 e. The standard InChI is InChI=1S/C73H143N3O6/c1-8-14-20-26-30-40-54-68(52-38-22-16-10-3)66-81-72(79)58-44-36-50-64-75(62-48-24-18-12-5)70(77)56-42-32-28-34-46-60-74(7)61-47-35-29-33-43-57-71(78)76(63-49-25-19-13-6)65-51-37-45-59-73(80)82-67-69(53-39-23-17-11-4)55-41-31-27-21-15-9-2/h68-69H,8-67H2,1-7H3. The van der Waals surface area contributed by atoms with Crippen LogP contribution in [0.4, 0.5) is 0 Å². The summed E-state index contributed by atoms with van der Waals surface area (Å²) in [5, 5.41) is 0. The maximum absolute atomic E-state index is 13.4. The van der Waals surface area contributed by atoms with E-state index in [-0.39, 0.29) is 11.9 Å². The van der Waals surface area contributed by atoms with E-state index in [2.05, 4.69) is 63.3 Å². The fraction of sp³-hybridized carbons (Fsp3) is 0.945. The van der Waals surface area contributed by atoms with Crippen molar-refractivity contribution in [3.05, 3.63) is 0 Å². The molecule has 2 unspecified atom stereocenters. The van der Waals surface area contributed by atoms with Gasteiger partial charge < -0.3 is 24.2 Å². The van der Waals surface area contributed by atoms with Crippen LogP contribution < -0.4 is 0 Å². The second-order valence-corrected chi connectivity index (χ2v) is 25.8. The zero-order valence-corrected chi connectivity index (χ0v) is 56.4. The Balaban J connectivity index is 4.43. The van der Waals surface area contributed by atoms with Crippen molar-refractivity contribution in [1.82, 2.24) is 14.7 Å². The first-order valence-corrected chi connectivity index (χ1v) is 36.7. The summed E-state index contributed by atoms with van der Waals surface area (Å²) in [4.78, 5) is 59.1. The number of unbranched alkanes of at least 4 members (excludes halogenated alkanes) is 34. The van der Waals surface area contributed by atoms with E-state index in [9.17, 15) is 19.2 Å². The molecule has 0 aliphatic heterocycles. The van der Waals surface area contributed by atoms with Gasteiger partial charge in [0.25, 0.3) is 0 Å². The Kier molecular flexibility index (Phi) is 61.7. The Bertz CT molecular complexity index is 1280. The predicted molar refractivity (Wildman–Crippen MR) is 354 cm³/mol. The highest BCUT2D eigenvalue weighted by Gasteiger charge is 2.17. The Morgan fingerprint density at radius 3 is 0.805 bits per heavy atom. The van der Waals surface area contributed by atoms with Crippen LogP contribution in [0.1, 0.15) is 375 Å². The van der Waals surface area contributed by atoms with Crippen LogP contribution >= 0.6 is 0 Å². The van der Waals surface area contributed by atoms with Gasteiger partial charge in [-0.3, -0.25) is 19.2 Å². The first kappa shape index (κ1) is 79.8. The van der Waals surface area contributed by atoms with Gasteiger partial charge in [0.05, 0.1) is 13.2 Å². The van der Waals surface area contributed by atoms with Crippen LogP contribution in [0, 0.1) is 11.8 Å². The number of carbonyl (C=O) groups is 4. The third kappa shape index (κ3) is 54.5. The Labute approximate surface area is 511 Å². The third-order valence-electron chi connectivity index (χ3n) is 17.6. The number of hydrogen-bond donors (Lipinski definition) is 0. The first-order chi connectivity index (χ1) is 40.1. The molecule has 0 aliphatic carbocycles. The SMILES string of the molecule is CCCCCCCCC(CCCCCC)COC(=O)CCCCCN(CCCCCC)C(=O)CCCCCCCN(C)CCCCCCCC(=O)N(CCCCCC)CCCCCC(=O)OCC(CCCCCC)CCCCCCCC. The van der Waals surface area contributed by atoms with Crippen molar-refractivity contribution < 1.29 is 28.7 Å². The van der Waals surface area contributed by atoms with E-state index in [0.29, 0.717) is 62.5 Å². The second-order valence-electron chi connectivity index (χ2n) is 25.8. The number of carbonyl (C=O) groups excluding carboxylic acids is 4. The molecule has 0 aromatic heterocycles. The quantitative estimate of drug-likeness (QED) is 0.0442. The van der Waals surface area contributed by atoms with Gasteiger partial charge in [-0.25, -0.2) is 0 Å². The van der Waals surface area contributed by atoms with Gasteiger partial charge in [-0.2, -0.15) is 0 Å². The topological polar surface area (TPSA) is 96.5 Å². The summed E-state index contributed by atoms with van der Waals surface area (Å²) < 4.78 is 11.7. The van der Waals surface area contributed by atoms with E-state index in [1.54, 1.807) is 0 Å². The molecule has 0 heterocycles. The number of esters is 2. The van der Waals surface area contributed by atoms with Gasteiger partial charge in [-0.15, -0.1) is 0 Å². The lowest BCUT2D eigenvalue weighted by Gasteiger charge is -2.23. The first-order valence-electron chi connectivity index (χ1n) is 36.7. The average Bonchev–Trinajstić information content (AvgIpc) is 3.47. The van der Waals surface area contributed by atoms with Gasteiger partial charge in [0, 0.05) is 51.9 Å². The molecular weight excluding hydrogens is 1010 g/mol. The summed E-state index contributed by atoms with van der Waals surface area (Å²) in [5.74, 6) is 1.58. The van der Waals surface area contributed by atoms with Crippen LogP contribution in [0.5, 0.6) is 0 Å². The van der Waals surface area contributed by atoms with Crippen molar-refractivity contribution >= 4 is 23.8 Å². The van der Waals surface area contributed by atoms with Crippen molar-refractivity contribution in [2.24, 2.45) is 11.8 Å². The number of nitrogens with zero attached hydrogens (tertiary/aromatic N) is 3. The van der Waals surface area contributed by atoms with E-state index >= 15 is 0 Å². The number of rotatable bonds is 66. The van der Waals surface area contributed by atoms with Crippen LogP contribution in [0.15, 0.2) is 0 Å². The van der Waals surface area contributed by atoms with Crippen LogP contribution in [0.3, 0.4) is 0 Å².